The molecule has 0 bridgehead atoms. The van der Waals surface area contributed by atoms with E-state index >= 15 is 0 Å². The van der Waals surface area contributed by atoms with Crippen LogP contribution in [0.5, 0.6) is 11.5 Å². The minimum absolute atomic E-state index is 0.154. The zero-order valence-corrected chi connectivity index (χ0v) is 20.6. The summed E-state index contributed by atoms with van der Waals surface area (Å²) in [6.07, 6.45) is 3.22. The van der Waals surface area contributed by atoms with Gasteiger partial charge in [-0.3, -0.25) is 0 Å². The summed E-state index contributed by atoms with van der Waals surface area (Å²) in [4.78, 5) is 0. The zero-order chi connectivity index (χ0) is 24.0. The molecule has 2 aromatic carbocycles. The SMILES string of the molecule is Fc1c(F)c(OCCCCCCCCOc2c(F)c(F)c(I)c(F)c2F)c(F)c(F)c1I. The average molecular weight is 694 g/mol. The quantitative estimate of drug-likeness (QED) is 0.0787. The molecule has 2 nitrogen and oxygen atoms in total. The van der Waals surface area contributed by atoms with Crippen LogP contribution in [0.4, 0.5) is 35.1 Å². The van der Waals surface area contributed by atoms with Crippen molar-refractivity contribution in [1.82, 2.24) is 0 Å². The molecule has 2 aromatic rings. The minimum Gasteiger partial charge on any atom is -0.487 e. The van der Waals surface area contributed by atoms with Crippen LogP contribution in [0.1, 0.15) is 38.5 Å². The highest BCUT2D eigenvalue weighted by molar-refractivity contribution is 14.1. The molecule has 0 aromatic heterocycles. The fraction of sp³-hybridized carbons (Fsp3) is 0.400. The van der Waals surface area contributed by atoms with E-state index in [1.54, 1.807) is 0 Å². The third-order valence-electron chi connectivity index (χ3n) is 4.37. The van der Waals surface area contributed by atoms with Gasteiger partial charge in [-0.25, -0.2) is 17.6 Å². The summed E-state index contributed by atoms with van der Waals surface area (Å²) in [5, 5.41) is 0. The largest absolute Gasteiger partial charge is 0.487 e. The lowest BCUT2D eigenvalue weighted by atomic mass is 10.1. The molecule has 32 heavy (non-hydrogen) atoms. The Morgan fingerprint density at radius 1 is 0.406 bits per heavy atom. The monoisotopic (exact) mass is 694 g/mol. The molecule has 0 aliphatic rings. The Balaban J connectivity index is 1.66. The van der Waals surface area contributed by atoms with Crippen LogP contribution in [0.15, 0.2) is 0 Å². The fourth-order valence-electron chi connectivity index (χ4n) is 2.68. The second-order valence-electron chi connectivity index (χ2n) is 6.62. The second kappa shape index (κ2) is 12.4. The normalized spacial score (nSPS) is 11.2. The van der Waals surface area contributed by atoms with Crippen LogP contribution in [0, 0.1) is 53.7 Å². The minimum atomic E-state index is -1.59. The Bertz CT molecular complexity index is 836. The molecule has 0 spiro atoms. The fourth-order valence-corrected chi connectivity index (χ4v) is 3.63. The van der Waals surface area contributed by atoms with Crippen LogP contribution < -0.4 is 9.47 Å². The van der Waals surface area contributed by atoms with Gasteiger partial charge in [0.1, 0.15) is 0 Å². The Hall–Kier alpha value is -1.06. The molecule has 178 valence electrons. The predicted octanol–water partition coefficient (Wildman–Crippen LogP) is 7.81. The highest BCUT2D eigenvalue weighted by Gasteiger charge is 2.26. The van der Waals surface area contributed by atoms with Crippen LogP contribution >= 0.6 is 45.2 Å². The van der Waals surface area contributed by atoms with Gasteiger partial charge in [0, 0.05) is 0 Å². The molecule has 0 radical (unpaired) electrons. The summed E-state index contributed by atoms with van der Waals surface area (Å²) < 4.78 is 117. The van der Waals surface area contributed by atoms with Crippen LogP contribution in [0.25, 0.3) is 0 Å². The topological polar surface area (TPSA) is 18.5 Å². The van der Waals surface area contributed by atoms with E-state index in [1.165, 1.54) is 0 Å². The van der Waals surface area contributed by atoms with E-state index < -0.39 is 65.2 Å². The first kappa shape index (κ1) is 27.2. The molecule has 0 heterocycles. The molecule has 12 heteroatoms. The second-order valence-corrected chi connectivity index (χ2v) is 8.77. The summed E-state index contributed by atoms with van der Waals surface area (Å²) in [6, 6.07) is 0. The van der Waals surface area contributed by atoms with Crippen molar-refractivity contribution in [1.29, 1.82) is 0 Å². The van der Waals surface area contributed by atoms with E-state index in [-0.39, 0.29) is 13.2 Å². The molecule has 0 saturated carbocycles. The van der Waals surface area contributed by atoms with Crippen LogP contribution in [0.2, 0.25) is 0 Å². The summed E-state index contributed by atoms with van der Waals surface area (Å²) in [6.45, 7) is -0.308. The van der Waals surface area contributed by atoms with Gasteiger partial charge in [-0.05, 0) is 58.0 Å². The molecule has 0 amide bonds. The third kappa shape index (κ3) is 6.29. The number of ether oxygens (including phenoxy) is 2. The summed E-state index contributed by atoms with van der Waals surface area (Å²) >= 11 is 2.30. The van der Waals surface area contributed by atoms with Gasteiger partial charge in [-0.15, -0.1) is 0 Å². The molecule has 0 aliphatic carbocycles. The summed E-state index contributed by atoms with van der Waals surface area (Å²) in [5.74, 6) is -14.6. The van der Waals surface area contributed by atoms with Crippen molar-refractivity contribution in [3.63, 3.8) is 0 Å². The van der Waals surface area contributed by atoms with Gasteiger partial charge < -0.3 is 9.47 Å². The number of unbranched alkanes of at least 4 members (excludes halogenated alkanes) is 5. The van der Waals surface area contributed by atoms with Crippen molar-refractivity contribution in [2.45, 2.75) is 38.5 Å². The van der Waals surface area contributed by atoms with Crippen LogP contribution in [-0.2, 0) is 0 Å². The van der Waals surface area contributed by atoms with Crippen LogP contribution in [-0.4, -0.2) is 13.2 Å². The van der Waals surface area contributed by atoms with Crippen molar-refractivity contribution < 1.29 is 44.6 Å². The van der Waals surface area contributed by atoms with Crippen molar-refractivity contribution in [2.24, 2.45) is 0 Å². The number of hydrogen-bond donors (Lipinski definition) is 0. The maximum Gasteiger partial charge on any atom is 0.205 e. The maximum atomic E-state index is 13.7. The standard InChI is InChI=1S/C20H16F8I2O2/c21-9-13(25)19(14(26)10(22)17(9)29)31-7-5-3-1-2-4-6-8-32-20-15(27)11(23)18(30)12(24)16(20)28/h1-8H2. The molecular weight excluding hydrogens is 678 g/mol. The van der Waals surface area contributed by atoms with Gasteiger partial charge in [0.15, 0.2) is 34.8 Å². The Kier molecular flexibility index (Phi) is 10.5. The van der Waals surface area contributed by atoms with E-state index in [0.717, 1.165) is 45.2 Å². The maximum absolute atomic E-state index is 13.7. The third-order valence-corrected chi connectivity index (χ3v) is 6.26. The molecule has 2 rings (SSSR count). The number of rotatable bonds is 11. The van der Waals surface area contributed by atoms with E-state index in [2.05, 4.69) is 0 Å². The first-order chi connectivity index (χ1) is 15.1. The predicted molar refractivity (Wildman–Crippen MR) is 117 cm³/mol. The Labute approximate surface area is 205 Å². The lowest BCUT2D eigenvalue weighted by Crippen LogP contribution is -2.08. The number of benzene rings is 2. The van der Waals surface area contributed by atoms with Gasteiger partial charge in [0.05, 0.1) is 20.4 Å². The van der Waals surface area contributed by atoms with Gasteiger partial charge in [-0.1, -0.05) is 25.7 Å². The molecule has 0 unspecified atom stereocenters. The Morgan fingerprint density at radius 3 is 0.938 bits per heavy atom. The van der Waals surface area contributed by atoms with E-state index in [0.29, 0.717) is 38.5 Å². The lowest BCUT2D eigenvalue weighted by molar-refractivity contribution is 0.257. The first-order valence-electron chi connectivity index (χ1n) is 9.38. The molecule has 0 aliphatic heterocycles. The van der Waals surface area contributed by atoms with Crippen molar-refractivity contribution in [2.75, 3.05) is 13.2 Å². The van der Waals surface area contributed by atoms with Crippen LogP contribution in [0.3, 0.4) is 0 Å². The highest BCUT2D eigenvalue weighted by Crippen LogP contribution is 2.32. The lowest BCUT2D eigenvalue weighted by Gasteiger charge is -2.11. The summed E-state index contributed by atoms with van der Waals surface area (Å²) in [5.41, 5.74) is 0. The van der Waals surface area contributed by atoms with Gasteiger partial charge in [-0.2, -0.15) is 17.6 Å². The molecule has 0 fully saturated rings. The number of hydrogen-bond acceptors (Lipinski definition) is 2. The molecule has 0 atom stereocenters. The van der Waals surface area contributed by atoms with Crippen molar-refractivity contribution >= 4 is 45.2 Å². The van der Waals surface area contributed by atoms with E-state index in [9.17, 15) is 35.1 Å². The highest BCUT2D eigenvalue weighted by atomic mass is 127. The first-order valence-corrected chi connectivity index (χ1v) is 11.5. The smallest absolute Gasteiger partial charge is 0.205 e. The van der Waals surface area contributed by atoms with Crippen molar-refractivity contribution in [3.05, 3.63) is 53.7 Å². The average Bonchev–Trinajstić information content (AvgIpc) is 2.78. The summed E-state index contributed by atoms with van der Waals surface area (Å²) in [7, 11) is 0. The van der Waals surface area contributed by atoms with Gasteiger partial charge in [0.2, 0.25) is 23.3 Å². The number of halogens is 10. The van der Waals surface area contributed by atoms with Gasteiger partial charge >= 0.3 is 0 Å². The van der Waals surface area contributed by atoms with E-state index in [1.807, 2.05) is 0 Å². The molecule has 0 saturated heterocycles. The van der Waals surface area contributed by atoms with Crippen molar-refractivity contribution in [3.8, 4) is 11.5 Å². The van der Waals surface area contributed by atoms with E-state index in [4.69, 9.17) is 9.47 Å². The van der Waals surface area contributed by atoms with Gasteiger partial charge in [0.25, 0.3) is 0 Å². The Morgan fingerprint density at radius 2 is 0.656 bits per heavy atom. The molecule has 0 N–H and O–H groups in total. The zero-order valence-electron chi connectivity index (χ0n) is 16.3. The molecular formula is C20H16F8I2O2.